The van der Waals surface area contributed by atoms with Gasteiger partial charge in [-0.25, -0.2) is 5.90 Å². The third-order valence-corrected chi connectivity index (χ3v) is 2.87. The predicted molar refractivity (Wildman–Crippen MR) is 66.0 cm³/mol. The van der Waals surface area contributed by atoms with Crippen molar-refractivity contribution in [3.63, 3.8) is 0 Å². The molecule has 3 heteroatoms. The molecule has 2 N–H and O–H groups in total. The molecule has 1 aromatic heterocycles. The number of rotatable bonds is 3. The second-order valence-electron chi connectivity index (χ2n) is 4.49. The summed E-state index contributed by atoms with van der Waals surface area (Å²) in [6.45, 7) is 6.92. The van der Waals surface area contributed by atoms with E-state index in [1.54, 1.807) is 0 Å². The van der Waals surface area contributed by atoms with Gasteiger partial charge in [0.1, 0.15) is 0 Å². The van der Waals surface area contributed by atoms with Crippen LogP contribution in [0.3, 0.4) is 0 Å². The zero-order valence-electron chi connectivity index (χ0n) is 10.0. The van der Waals surface area contributed by atoms with Crippen molar-refractivity contribution >= 4 is 10.9 Å². The van der Waals surface area contributed by atoms with Crippen LogP contribution in [-0.2, 0) is 11.4 Å². The zero-order valence-corrected chi connectivity index (χ0v) is 10.0. The lowest BCUT2D eigenvalue weighted by Crippen LogP contribution is -1.99. The van der Waals surface area contributed by atoms with Gasteiger partial charge < -0.3 is 4.57 Å². The van der Waals surface area contributed by atoms with Crippen molar-refractivity contribution in [2.75, 3.05) is 0 Å². The van der Waals surface area contributed by atoms with Gasteiger partial charge in [0.25, 0.3) is 0 Å². The molecule has 0 spiro atoms. The maximum Gasteiger partial charge on any atom is 0.0950 e. The van der Waals surface area contributed by atoms with Gasteiger partial charge >= 0.3 is 0 Å². The lowest BCUT2D eigenvalue weighted by molar-refractivity contribution is 0.125. The standard InChI is InChI=1S/C13H18N2O/c1-9(2)15-7-11(8-16-14)12-5-4-10(3)6-13(12)15/h4-7,9H,8,14H2,1-3H3. The molecule has 1 heterocycles. The summed E-state index contributed by atoms with van der Waals surface area (Å²) in [5.41, 5.74) is 3.67. The number of hydrogen-bond acceptors (Lipinski definition) is 2. The van der Waals surface area contributed by atoms with Gasteiger partial charge in [0.2, 0.25) is 0 Å². The van der Waals surface area contributed by atoms with Gasteiger partial charge in [-0.1, -0.05) is 12.1 Å². The molecular formula is C13H18N2O. The first-order valence-electron chi connectivity index (χ1n) is 5.55. The molecule has 2 aromatic rings. The fraction of sp³-hybridized carbons (Fsp3) is 0.385. The topological polar surface area (TPSA) is 40.2 Å². The minimum Gasteiger partial charge on any atom is -0.345 e. The van der Waals surface area contributed by atoms with Crippen molar-refractivity contribution in [1.29, 1.82) is 0 Å². The highest BCUT2D eigenvalue weighted by Gasteiger charge is 2.10. The Hall–Kier alpha value is -1.32. The summed E-state index contributed by atoms with van der Waals surface area (Å²) in [6.07, 6.45) is 2.13. The van der Waals surface area contributed by atoms with E-state index in [4.69, 9.17) is 10.7 Å². The summed E-state index contributed by atoms with van der Waals surface area (Å²) >= 11 is 0. The molecule has 0 bridgehead atoms. The highest BCUT2D eigenvalue weighted by atomic mass is 16.6. The van der Waals surface area contributed by atoms with Crippen LogP contribution in [0.25, 0.3) is 10.9 Å². The van der Waals surface area contributed by atoms with Gasteiger partial charge in [-0.05, 0) is 32.4 Å². The molecule has 0 radical (unpaired) electrons. The maximum atomic E-state index is 5.16. The first-order chi connectivity index (χ1) is 7.63. The normalized spacial score (nSPS) is 11.6. The van der Waals surface area contributed by atoms with Gasteiger partial charge in [0, 0.05) is 28.7 Å². The third kappa shape index (κ3) is 1.84. The molecule has 0 amide bonds. The molecule has 2 rings (SSSR count). The van der Waals surface area contributed by atoms with E-state index in [-0.39, 0.29) is 0 Å². The molecule has 3 nitrogen and oxygen atoms in total. The molecule has 0 atom stereocenters. The molecule has 0 unspecified atom stereocenters. The van der Waals surface area contributed by atoms with Gasteiger partial charge in [-0.2, -0.15) is 0 Å². The second kappa shape index (κ2) is 4.28. The van der Waals surface area contributed by atoms with Crippen LogP contribution in [0.15, 0.2) is 24.4 Å². The van der Waals surface area contributed by atoms with E-state index in [1.807, 2.05) is 0 Å². The van der Waals surface area contributed by atoms with Crippen LogP contribution in [-0.4, -0.2) is 4.57 Å². The molecule has 1 aromatic carbocycles. The van der Waals surface area contributed by atoms with Gasteiger partial charge in [-0.3, -0.25) is 4.84 Å². The molecule has 0 aliphatic rings. The van der Waals surface area contributed by atoms with Gasteiger partial charge in [-0.15, -0.1) is 0 Å². The first kappa shape index (κ1) is 11.2. The summed E-state index contributed by atoms with van der Waals surface area (Å²) in [4.78, 5) is 4.75. The summed E-state index contributed by atoms with van der Waals surface area (Å²) in [7, 11) is 0. The van der Waals surface area contributed by atoms with E-state index in [1.165, 1.54) is 16.5 Å². The number of fused-ring (bicyclic) bond motifs is 1. The maximum absolute atomic E-state index is 5.16. The van der Waals surface area contributed by atoms with E-state index in [0.29, 0.717) is 12.6 Å². The highest BCUT2D eigenvalue weighted by molar-refractivity contribution is 5.84. The quantitative estimate of drug-likeness (QED) is 0.805. The molecule has 0 aliphatic heterocycles. The fourth-order valence-electron chi connectivity index (χ4n) is 2.07. The Morgan fingerprint density at radius 1 is 1.38 bits per heavy atom. The molecule has 0 fully saturated rings. The third-order valence-electron chi connectivity index (χ3n) is 2.87. The average molecular weight is 218 g/mol. The molecule has 0 aliphatic carbocycles. The van der Waals surface area contributed by atoms with Crippen LogP contribution in [0, 0.1) is 6.92 Å². The molecular weight excluding hydrogens is 200 g/mol. The fourth-order valence-corrected chi connectivity index (χ4v) is 2.07. The molecule has 0 saturated heterocycles. The summed E-state index contributed by atoms with van der Waals surface area (Å²) in [6, 6.07) is 6.90. The van der Waals surface area contributed by atoms with Crippen molar-refractivity contribution in [2.24, 2.45) is 5.90 Å². The predicted octanol–water partition coefficient (Wildman–Crippen LogP) is 2.92. The average Bonchev–Trinajstić information content (AvgIpc) is 2.57. The summed E-state index contributed by atoms with van der Waals surface area (Å²) < 4.78 is 2.26. The van der Waals surface area contributed by atoms with Crippen molar-refractivity contribution in [3.8, 4) is 0 Å². The van der Waals surface area contributed by atoms with Gasteiger partial charge in [0.15, 0.2) is 0 Å². The lowest BCUT2D eigenvalue weighted by atomic mass is 10.1. The van der Waals surface area contributed by atoms with E-state index >= 15 is 0 Å². The number of nitrogens with zero attached hydrogens (tertiary/aromatic N) is 1. The Morgan fingerprint density at radius 3 is 2.75 bits per heavy atom. The largest absolute Gasteiger partial charge is 0.345 e. The van der Waals surface area contributed by atoms with Crippen molar-refractivity contribution in [1.82, 2.24) is 4.57 Å². The SMILES string of the molecule is Cc1ccc2c(CON)cn(C(C)C)c2c1. The van der Waals surface area contributed by atoms with Gasteiger partial charge in [0.05, 0.1) is 6.61 Å². The Bertz CT molecular complexity index is 500. The minimum atomic E-state index is 0.441. The highest BCUT2D eigenvalue weighted by Crippen LogP contribution is 2.26. The van der Waals surface area contributed by atoms with E-state index in [0.717, 1.165) is 5.56 Å². The number of aryl methyl sites for hydroxylation is 1. The van der Waals surface area contributed by atoms with Crippen LogP contribution >= 0.6 is 0 Å². The van der Waals surface area contributed by atoms with Crippen molar-refractivity contribution < 1.29 is 4.84 Å². The molecule has 16 heavy (non-hydrogen) atoms. The zero-order chi connectivity index (χ0) is 11.7. The Kier molecular flexibility index (Phi) is 2.99. The smallest absolute Gasteiger partial charge is 0.0950 e. The number of aromatic nitrogens is 1. The van der Waals surface area contributed by atoms with Crippen LogP contribution in [0.4, 0.5) is 0 Å². The van der Waals surface area contributed by atoms with Crippen LogP contribution < -0.4 is 5.90 Å². The Labute approximate surface area is 95.8 Å². The number of hydrogen-bond donors (Lipinski definition) is 1. The van der Waals surface area contributed by atoms with Crippen molar-refractivity contribution in [3.05, 3.63) is 35.5 Å². The summed E-state index contributed by atoms with van der Waals surface area (Å²) in [5, 5.41) is 1.23. The Balaban J connectivity index is 2.66. The minimum absolute atomic E-state index is 0.441. The van der Waals surface area contributed by atoms with E-state index < -0.39 is 0 Å². The second-order valence-corrected chi connectivity index (χ2v) is 4.49. The first-order valence-corrected chi connectivity index (χ1v) is 5.55. The van der Waals surface area contributed by atoms with Crippen LogP contribution in [0.5, 0.6) is 0 Å². The van der Waals surface area contributed by atoms with E-state index in [9.17, 15) is 0 Å². The Morgan fingerprint density at radius 2 is 2.12 bits per heavy atom. The van der Waals surface area contributed by atoms with Crippen LogP contribution in [0.2, 0.25) is 0 Å². The van der Waals surface area contributed by atoms with Crippen LogP contribution in [0.1, 0.15) is 31.0 Å². The molecule has 86 valence electrons. The number of nitrogens with two attached hydrogens (primary N) is 1. The monoisotopic (exact) mass is 218 g/mol. The molecule has 0 saturated carbocycles. The lowest BCUT2D eigenvalue weighted by Gasteiger charge is -2.09. The van der Waals surface area contributed by atoms with Crippen molar-refractivity contribution in [2.45, 2.75) is 33.4 Å². The number of benzene rings is 1. The van der Waals surface area contributed by atoms with E-state index in [2.05, 4.69) is 49.7 Å². The summed E-state index contributed by atoms with van der Waals surface area (Å²) in [5.74, 6) is 5.16.